The smallest absolute Gasteiger partial charge is 0.228 e. The van der Waals surface area contributed by atoms with Crippen molar-refractivity contribution in [1.29, 1.82) is 0 Å². The van der Waals surface area contributed by atoms with Crippen molar-refractivity contribution >= 4 is 17.4 Å². The summed E-state index contributed by atoms with van der Waals surface area (Å²) in [6, 6.07) is 13.8. The Morgan fingerprint density at radius 3 is 2.45 bits per heavy atom. The van der Waals surface area contributed by atoms with E-state index in [1.54, 1.807) is 6.07 Å². The number of rotatable bonds is 4. The number of nitrogens with one attached hydrogen (secondary N) is 1. The molecule has 0 atom stereocenters. The largest absolute Gasteiger partial charge is 0.507 e. The van der Waals surface area contributed by atoms with Crippen LogP contribution < -0.4 is 5.32 Å². The van der Waals surface area contributed by atoms with Gasteiger partial charge in [-0.1, -0.05) is 30.3 Å². The highest BCUT2D eigenvalue weighted by Crippen LogP contribution is 2.22. The summed E-state index contributed by atoms with van der Waals surface area (Å²) < 4.78 is 0. The summed E-state index contributed by atoms with van der Waals surface area (Å²) >= 11 is 0. The van der Waals surface area contributed by atoms with Gasteiger partial charge in [0.15, 0.2) is 5.78 Å². The summed E-state index contributed by atoms with van der Waals surface area (Å²) in [5, 5.41) is 12.3. The van der Waals surface area contributed by atoms with Crippen molar-refractivity contribution in [2.24, 2.45) is 0 Å². The molecule has 102 valence electrons. The van der Waals surface area contributed by atoms with E-state index < -0.39 is 0 Å². The number of carbonyl (C=O) groups is 2. The molecule has 0 aromatic heterocycles. The zero-order valence-electron chi connectivity index (χ0n) is 11.1. The van der Waals surface area contributed by atoms with Gasteiger partial charge in [-0.3, -0.25) is 9.59 Å². The molecule has 4 heteroatoms. The van der Waals surface area contributed by atoms with Crippen LogP contribution in [0.5, 0.6) is 5.75 Å². The lowest BCUT2D eigenvalue weighted by atomic mass is 10.1. The fraction of sp³-hybridized carbons (Fsp3) is 0.125. The maximum atomic E-state index is 11.9. The normalized spacial score (nSPS) is 10.1. The third kappa shape index (κ3) is 3.45. The predicted octanol–water partition coefficient (Wildman–Crippen LogP) is 2.78. The number of hydrogen-bond acceptors (Lipinski definition) is 3. The van der Waals surface area contributed by atoms with Gasteiger partial charge in [0.1, 0.15) is 5.75 Å². The van der Waals surface area contributed by atoms with Gasteiger partial charge in [-0.25, -0.2) is 0 Å². The van der Waals surface area contributed by atoms with Gasteiger partial charge in [0.2, 0.25) is 5.91 Å². The van der Waals surface area contributed by atoms with Crippen molar-refractivity contribution in [2.75, 3.05) is 5.32 Å². The highest BCUT2D eigenvalue weighted by atomic mass is 16.3. The lowest BCUT2D eigenvalue weighted by Gasteiger charge is -2.08. The number of carbonyl (C=O) groups excluding carboxylic acids is 2. The van der Waals surface area contributed by atoms with Crippen LogP contribution in [0, 0.1) is 0 Å². The average Bonchev–Trinajstić information content (AvgIpc) is 2.41. The van der Waals surface area contributed by atoms with Crippen molar-refractivity contribution in [1.82, 2.24) is 0 Å². The highest BCUT2D eigenvalue weighted by molar-refractivity contribution is 5.99. The molecule has 0 saturated carbocycles. The molecule has 0 bridgehead atoms. The second kappa shape index (κ2) is 6.02. The molecule has 2 aromatic carbocycles. The number of hydrogen-bond donors (Lipinski definition) is 2. The molecule has 0 fully saturated rings. The Morgan fingerprint density at radius 2 is 1.80 bits per heavy atom. The summed E-state index contributed by atoms with van der Waals surface area (Å²) in [7, 11) is 0. The van der Waals surface area contributed by atoms with Crippen LogP contribution in [0.1, 0.15) is 22.8 Å². The fourth-order valence-electron chi connectivity index (χ4n) is 1.88. The molecule has 0 unspecified atom stereocenters. The Kier molecular flexibility index (Phi) is 4.15. The molecule has 2 rings (SSSR count). The van der Waals surface area contributed by atoms with Gasteiger partial charge in [0.05, 0.1) is 12.0 Å². The van der Waals surface area contributed by atoms with Gasteiger partial charge in [-0.2, -0.15) is 0 Å². The first kappa shape index (κ1) is 13.8. The van der Waals surface area contributed by atoms with E-state index in [1.165, 1.54) is 19.1 Å². The summed E-state index contributed by atoms with van der Waals surface area (Å²) in [5.41, 5.74) is 1.60. The summed E-state index contributed by atoms with van der Waals surface area (Å²) in [4.78, 5) is 23.2. The molecular formula is C16H15NO3. The molecule has 1 amide bonds. The number of phenols is 1. The number of benzene rings is 2. The van der Waals surface area contributed by atoms with Crippen molar-refractivity contribution in [2.45, 2.75) is 13.3 Å². The zero-order chi connectivity index (χ0) is 14.5. The molecule has 0 aliphatic heterocycles. The first-order valence-corrected chi connectivity index (χ1v) is 6.24. The quantitative estimate of drug-likeness (QED) is 0.662. The second-order valence-electron chi connectivity index (χ2n) is 4.50. The van der Waals surface area contributed by atoms with Crippen LogP contribution in [-0.4, -0.2) is 16.8 Å². The maximum absolute atomic E-state index is 11.9. The summed E-state index contributed by atoms with van der Waals surface area (Å²) in [6.45, 7) is 1.37. The van der Waals surface area contributed by atoms with Crippen LogP contribution >= 0.6 is 0 Å². The van der Waals surface area contributed by atoms with Gasteiger partial charge in [-0.05, 0) is 30.7 Å². The van der Waals surface area contributed by atoms with Crippen LogP contribution in [0.3, 0.4) is 0 Å². The fourth-order valence-corrected chi connectivity index (χ4v) is 1.88. The van der Waals surface area contributed by atoms with Gasteiger partial charge in [0, 0.05) is 5.69 Å². The Balaban J connectivity index is 2.08. The van der Waals surface area contributed by atoms with E-state index in [4.69, 9.17) is 0 Å². The van der Waals surface area contributed by atoms with Gasteiger partial charge in [0.25, 0.3) is 0 Å². The summed E-state index contributed by atoms with van der Waals surface area (Å²) in [6.07, 6.45) is 0.261. The third-order valence-electron chi connectivity index (χ3n) is 2.87. The molecule has 4 nitrogen and oxygen atoms in total. The van der Waals surface area contributed by atoms with E-state index in [0.717, 1.165) is 5.56 Å². The Morgan fingerprint density at radius 1 is 1.10 bits per heavy atom. The second-order valence-corrected chi connectivity index (χ2v) is 4.50. The topological polar surface area (TPSA) is 66.4 Å². The monoisotopic (exact) mass is 269 g/mol. The lowest BCUT2D eigenvalue weighted by molar-refractivity contribution is -0.115. The van der Waals surface area contributed by atoms with Crippen molar-refractivity contribution in [3.05, 3.63) is 59.7 Å². The van der Waals surface area contributed by atoms with Crippen molar-refractivity contribution in [3.8, 4) is 5.75 Å². The molecule has 0 aliphatic carbocycles. The van der Waals surface area contributed by atoms with Gasteiger partial charge >= 0.3 is 0 Å². The first-order chi connectivity index (χ1) is 9.56. The standard InChI is InChI=1S/C16H15NO3/c1-11(18)14-10-13(7-8-15(14)19)17-16(20)9-12-5-3-2-4-6-12/h2-8,10,19H,9H2,1H3,(H,17,20). The van der Waals surface area contributed by atoms with Crippen LogP contribution in [0.15, 0.2) is 48.5 Å². The Bertz CT molecular complexity index is 635. The Labute approximate surface area is 117 Å². The number of Topliss-reactive ketones (excluding diaryl/α,β-unsaturated/α-hetero) is 1. The van der Waals surface area contributed by atoms with Gasteiger partial charge in [-0.15, -0.1) is 0 Å². The van der Waals surface area contributed by atoms with Crippen molar-refractivity contribution < 1.29 is 14.7 Å². The third-order valence-corrected chi connectivity index (χ3v) is 2.87. The molecule has 2 aromatic rings. The molecule has 20 heavy (non-hydrogen) atoms. The molecular weight excluding hydrogens is 254 g/mol. The van der Waals surface area contributed by atoms with E-state index in [1.807, 2.05) is 30.3 Å². The van der Waals surface area contributed by atoms with Crippen LogP contribution in [0.25, 0.3) is 0 Å². The molecule has 0 spiro atoms. The zero-order valence-corrected chi connectivity index (χ0v) is 11.1. The molecule has 0 heterocycles. The summed E-state index contributed by atoms with van der Waals surface area (Å²) in [5.74, 6) is -0.503. The van der Waals surface area contributed by atoms with E-state index in [9.17, 15) is 14.7 Å². The molecule has 0 radical (unpaired) electrons. The van der Waals surface area contributed by atoms with E-state index in [2.05, 4.69) is 5.32 Å². The average molecular weight is 269 g/mol. The van der Waals surface area contributed by atoms with Crippen molar-refractivity contribution in [3.63, 3.8) is 0 Å². The minimum atomic E-state index is -0.248. The molecule has 2 N–H and O–H groups in total. The lowest BCUT2D eigenvalue weighted by Crippen LogP contribution is -2.14. The van der Waals surface area contributed by atoms with E-state index in [-0.39, 0.29) is 29.4 Å². The first-order valence-electron chi connectivity index (χ1n) is 6.24. The predicted molar refractivity (Wildman–Crippen MR) is 76.9 cm³/mol. The minimum absolute atomic E-state index is 0.0847. The van der Waals surface area contributed by atoms with Gasteiger partial charge < -0.3 is 10.4 Å². The molecule has 0 aliphatic rings. The highest BCUT2D eigenvalue weighted by Gasteiger charge is 2.09. The number of anilines is 1. The SMILES string of the molecule is CC(=O)c1cc(NC(=O)Cc2ccccc2)ccc1O. The maximum Gasteiger partial charge on any atom is 0.228 e. The minimum Gasteiger partial charge on any atom is -0.507 e. The van der Waals surface area contributed by atoms with Crippen LogP contribution in [0.2, 0.25) is 0 Å². The van der Waals surface area contributed by atoms with Crippen LogP contribution in [-0.2, 0) is 11.2 Å². The Hall–Kier alpha value is -2.62. The number of phenolic OH excluding ortho intramolecular Hbond substituents is 1. The number of ketones is 1. The number of aromatic hydroxyl groups is 1. The van der Waals surface area contributed by atoms with E-state index >= 15 is 0 Å². The van der Waals surface area contributed by atoms with E-state index in [0.29, 0.717) is 5.69 Å². The number of amides is 1. The van der Waals surface area contributed by atoms with Crippen LogP contribution in [0.4, 0.5) is 5.69 Å². The molecule has 0 saturated heterocycles.